The lowest BCUT2D eigenvalue weighted by Crippen LogP contribution is -2.34. The van der Waals surface area contributed by atoms with Gasteiger partial charge in [0, 0.05) is 6.54 Å². The molecule has 1 aromatic heterocycles. The molecule has 1 heterocycles. The maximum Gasteiger partial charge on any atom is 0.306 e. The van der Waals surface area contributed by atoms with Gasteiger partial charge in [0.25, 0.3) is 0 Å². The molecule has 0 aromatic carbocycles. The second-order valence-corrected chi connectivity index (χ2v) is 3.80. The zero-order valence-electron chi connectivity index (χ0n) is 10.2. The van der Waals surface area contributed by atoms with Crippen LogP contribution in [-0.2, 0) is 6.54 Å². The Morgan fingerprint density at radius 2 is 2.50 bits per heavy atom. The van der Waals surface area contributed by atoms with Crippen molar-refractivity contribution in [2.75, 3.05) is 13.1 Å². The molecule has 98 valence electrons. The molecule has 18 heavy (non-hydrogen) atoms. The van der Waals surface area contributed by atoms with E-state index in [0.717, 1.165) is 5.57 Å². The Morgan fingerprint density at radius 3 is 3.06 bits per heavy atom. The molecule has 0 atom stereocenters. The fourth-order valence-electron chi connectivity index (χ4n) is 1.14. The Labute approximate surface area is 104 Å². The number of rotatable bonds is 6. The third kappa shape index (κ3) is 4.64. The Hall–Kier alpha value is -2.38. The van der Waals surface area contributed by atoms with E-state index in [1.165, 1.54) is 17.1 Å². The van der Waals surface area contributed by atoms with E-state index in [4.69, 9.17) is 5.73 Å². The summed E-state index contributed by atoms with van der Waals surface area (Å²) in [7, 11) is 0. The molecule has 8 nitrogen and oxygen atoms in total. The summed E-state index contributed by atoms with van der Waals surface area (Å²) in [5.41, 5.74) is 6.49. The third-order valence-electron chi connectivity index (χ3n) is 2.00. The normalized spacial score (nSPS) is 11.3. The van der Waals surface area contributed by atoms with E-state index >= 15 is 0 Å². The predicted molar refractivity (Wildman–Crippen MR) is 68.2 cm³/mol. The summed E-state index contributed by atoms with van der Waals surface area (Å²) in [6, 6.07) is 0. The van der Waals surface area contributed by atoms with Crippen molar-refractivity contribution >= 4 is 11.6 Å². The minimum atomic E-state index is -0.487. The largest absolute Gasteiger partial charge is 0.370 e. The smallest absolute Gasteiger partial charge is 0.306 e. The molecule has 0 aliphatic heterocycles. The summed E-state index contributed by atoms with van der Waals surface area (Å²) >= 11 is 0. The van der Waals surface area contributed by atoms with Crippen LogP contribution >= 0.6 is 0 Å². The second-order valence-electron chi connectivity index (χ2n) is 3.80. The molecule has 0 aliphatic carbocycles. The van der Waals surface area contributed by atoms with Crippen molar-refractivity contribution in [3.05, 3.63) is 34.7 Å². The molecule has 0 fully saturated rings. The van der Waals surface area contributed by atoms with Gasteiger partial charge in [0.15, 0.2) is 5.96 Å². The van der Waals surface area contributed by atoms with Gasteiger partial charge in [0.05, 0.1) is 18.0 Å². The van der Waals surface area contributed by atoms with Crippen LogP contribution in [0.4, 0.5) is 5.69 Å². The first kappa shape index (κ1) is 13.7. The lowest BCUT2D eigenvalue weighted by atomic mass is 10.4. The highest BCUT2D eigenvalue weighted by molar-refractivity contribution is 5.77. The molecule has 1 aromatic rings. The Morgan fingerprint density at radius 1 is 1.78 bits per heavy atom. The van der Waals surface area contributed by atoms with E-state index in [1.54, 1.807) is 0 Å². The van der Waals surface area contributed by atoms with Gasteiger partial charge in [-0.3, -0.25) is 14.8 Å². The molecule has 8 heteroatoms. The minimum Gasteiger partial charge on any atom is -0.370 e. The molecule has 3 N–H and O–H groups in total. The van der Waals surface area contributed by atoms with E-state index < -0.39 is 4.92 Å². The van der Waals surface area contributed by atoms with Crippen molar-refractivity contribution in [1.82, 2.24) is 15.1 Å². The average Bonchev–Trinajstić information content (AvgIpc) is 2.75. The Balaban J connectivity index is 2.34. The number of guanidine groups is 1. The standard InChI is InChI=1S/C10H16N6O2/c1-8(2)5-13-10(11)12-3-4-15-7-9(6-14-15)16(17)18/h6-7H,1,3-5H2,2H3,(H3,11,12,13). The monoisotopic (exact) mass is 252 g/mol. The summed E-state index contributed by atoms with van der Waals surface area (Å²) in [6.07, 6.45) is 2.57. The topological polar surface area (TPSA) is 111 Å². The summed E-state index contributed by atoms with van der Waals surface area (Å²) in [5.74, 6) is 0.319. The molecule has 1 rings (SSSR count). The maximum atomic E-state index is 10.4. The SMILES string of the molecule is C=C(C)CN=C(N)NCCn1cc([N+](=O)[O-])cn1. The van der Waals surface area contributed by atoms with E-state index in [1.807, 2.05) is 6.92 Å². The molecule has 0 unspecified atom stereocenters. The van der Waals surface area contributed by atoms with Crippen LogP contribution in [0.5, 0.6) is 0 Å². The highest BCUT2D eigenvalue weighted by Gasteiger charge is 2.07. The number of aliphatic imine (C=N–C) groups is 1. The van der Waals surface area contributed by atoms with E-state index in [0.29, 0.717) is 25.6 Å². The number of nitrogens with two attached hydrogens (primary N) is 1. The molecule has 0 radical (unpaired) electrons. The molecule has 0 saturated heterocycles. The van der Waals surface area contributed by atoms with Crippen molar-refractivity contribution in [2.45, 2.75) is 13.5 Å². The van der Waals surface area contributed by atoms with Crippen LogP contribution < -0.4 is 11.1 Å². The van der Waals surface area contributed by atoms with Crippen molar-refractivity contribution in [2.24, 2.45) is 10.7 Å². The zero-order chi connectivity index (χ0) is 13.5. The zero-order valence-corrected chi connectivity index (χ0v) is 10.2. The number of nitro groups is 1. The molecular weight excluding hydrogens is 236 g/mol. The van der Waals surface area contributed by atoms with Crippen LogP contribution in [0.3, 0.4) is 0 Å². The van der Waals surface area contributed by atoms with Gasteiger partial charge in [0.1, 0.15) is 12.4 Å². The quantitative estimate of drug-likeness (QED) is 0.248. The van der Waals surface area contributed by atoms with Crippen molar-refractivity contribution < 1.29 is 4.92 Å². The number of hydrogen-bond donors (Lipinski definition) is 2. The van der Waals surface area contributed by atoms with Crippen molar-refractivity contribution in [3.8, 4) is 0 Å². The fraction of sp³-hybridized carbons (Fsp3) is 0.400. The van der Waals surface area contributed by atoms with Crippen LogP contribution in [0.1, 0.15) is 6.92 Å². The van der Waals surface area contributed by atoms with E-state index in [9.17, 15) is 10.1 Å². The molecule has 0 aliphatic rings. The highest BCUT2D eigenvalue weighted by atomic mass is 16.6. The lowest BCUT2D eigenvalue weighted by molar-refractivity contribution is -0.385. The van der Waals surface area contributed by atoms with Crippen LogP contribution in [0.25, 0.3) is 0 Å². The van der Waals surface area contributed by atoms with Gasteiger partial charge in [-0.2, -0.15) is 5.10 Å². The van der Waals surface area contributed by atoms with Crippen LogP contribution in [0, 0.1) is 10.1 Å². The van der Waals surface area contributed by atoms with Crippen LogP contribution in [0.15, 0.2) is 29.5 Å². The van der Waals surface area contributed by atoms with Crippen LogP contribution in [0.2, 0.25) is 0 Å². The number of aromatic nitrogens is 2. The van der Waals surface area contributed by atoms with Crippen molar-refractivity contribution in [1.29, 1.82) is 0 Å². The average molecular weight is 252 g/mol. The van der Waals surface area contributed by atoms with Crippen molar-refractivity contribution in [3.63, 3.8) is 0 Å². The summed E-state index contributed by atoms with van der Waals surface area (Å²) in [6.45, 7) is 7.00. The number of hydrogen-bond acceptors (Lipinski definition) is 4. The summed E-state index contributed by atoms with van der Waals surface area (Å²) < 4.78 is 1.47. The van der Waals surface area contributed by atoms with Gasteiger partial charge < -0.3 is 11.1 Å². The third-order valence-corrected chi connectivity index (χ3v) is 2.00. The fourth-order valence-corrected chi connectivity index (χ4v) is 1.14. The first-order valence-corrected chi connectivity index (χ1v) is 5.34. The number of nitrogens with zero attached hydrogens (tertiary/aromatic N) is 4. The maximum absolute atomic E-state index is 10.4. The first-order chi connectivity index (χ1) is 8.49. The Kier molecular flexibility index (Phi) is 4.85. The molecule has 0 spiro atoms. The highest BCUT2D eigenvalue weighted by Crippen LogP contribution is 2.06. The number of nitrogens with one attached hydrogen (secondary N) is 1. The van der Waals surface area contributed by atoms with Gasteiger partial charge in [0.2, 0.25) is 0 Å². The first-order valence-electron chi connectivity index (χ1n) is 5.34. The molecule has 0 amide bonds. The Bertz CT molecular complexity index is 465. The molecule has 0 saturated carbocycles. The van der Waals surface area contributed by atoms with Gasteiger partial charge >= 0.3 is 5.69 Å². The van der Waals surface area contributed by atoms with Gasteiger partial charge in [-0.05, 0) is 6.92 Å². The molecular formula is C10H16N6O2. The van der Waals surface area contributed by atoms with E-state index in [2.05, 4.69) is 22.0 Å². The minimum absolute atomic E-state index is 0.0288. The summed E-state index contributed by atoms with van der Waals surface area (Å²) in [5, 5.41) is 17.2. The van der Waals surface area contributed by atoms with Gasteiger partial charge in [-0.15, -0.1) is 0 Å². The second kappa shape index (κ2) is 6.38. The van der Waals surface area contributed by atoms with E-state index in [-0.39, 0.29) is 5.69 Å². The lowest BCUT2D eigenvalue weighted by Gasteiger charge is -2.05. The van der Waals surface area contributed by atoms with Crippen LogP contribution in [-0.4, -0.2) is 33.8 Å². The van der Waals surface area contributed by atoms with Gasteiger partial charge in [-0.25, -0.2) is 4.99 Å². The summed E-state index contributed by atoms with van der Waals surface area (Å²) in [4.78, 5) is 14.0. The predicted octanol–water partition coefficient (Wildman–Crippen LogP) is 0.272. The molecule has 0 bridgehead atoms. The van der Waals surface area contributed by atoms with Gasteiger partial charge in [-0.1, -0.05) is 12.2 Å².